The van der Waals surface area contributed by atoms with Gasteiger partial charge in [-0.05, 0) is 73.0 Å². The Morgan fingerprint density at radius 3 is 0.723 bits per heavy atom. The molecule has 0 aromatic rings. The van der Waals surface area contributed by atoms with Crippen molar-refractivity contribution in [2.24, 2.45) is 16.2 Å². The summed E-state index contributed by atoms with van der Waals surface area (Å²) in [5.74, 6) is -4.42. The summed E-state index contributed by atoms with van der Waals surface area (Å²) in [7, 11) is 0. The molecule has 47 heavy (non-hydrogen) atoms. The Morgan fingerprint density at radius 2 is 0.660 bits per heavy atom. The fourth-order valence-electron chi connectivity index (χ4n) is 4.10. The summed E-state index contributed by atoms with van der Waals surface area (Å²) in [6.45, 7) is 2.23. The predicted molar refractivity (Wildman–Crippen MR) is 203 cm³/mol. The normalized spacial score (nSPS) is 11.0. The van der Waals surface area contributed by atoms with Crippen LogP contribution in [0.15, 0.2) is 0 Å². The third kappa shape index (κ3) is 25.3. The summed E-state index contributed by atoms with van der Waals surface area (Å²) in [6.07, 6.45) is 3.17. The minimum Gasteiger partial charge on any atom is -0.481 e. The van der Waals surface area contributed by atoms with Crippen LogP contribution < -0.4 is 0 Å². The molecule has 0 aliphatic rings. The number of thiol groups is 6. The molecule has 0 atom stereocenters. The minimum absolute atomic E-state index is 0.248. The van der Waals surface area contributed by atoms with E-state index >= 15 is 0 Å². The molecule has 0 aliphatic carbocycles. The van der Waals surface area contributed by atoms with E-state index in [2.05, 4.69) is 82.7 Å². The van der Waals surface area contributed by atoms with Crippen LogP contribution in [0.5, 0.6) is 0 Å². The fourth-order valence-corrected chi connectivity index (χ4v) is 7.68. The van der Waals surface area contributed by atoms with Crippen LogP contribution in [0.25, 0.3) is 0 Å². The summed E-state index contributed by atoms with van der Waals surface area (Å²) in [5.41, 5.74) is -3.64. The van der Waals surface area contributed by atoms with Crippen LogP contribution in [0.3, 0.4) is 0 Å². The second-order valence-electron chi connectivity index (χ2n) is 10.4. The van der Waals surface area contributed by atoms with E-state index < -0.39 is 52.1 Å². The average molecular weight is 891 g/mol. The molecule has 3 radical (unpaired) electrons. The fraction of sp³-hybridized carbons (Fsp3) is 0.786. The topological polar surface area (TPSA) is 224 Å². The molecule has 275 valence electrons. The number of carbonyl (C=O) groups is 6. The molecule has 0 fully saturated rings. The van der Waals surface area contributed by atoms with Crippen molar-refractivity contribution >= 4 is 134 Å². The molecule has 6 N–H and O–H groups in total. The van der Waals surface area contributed by atoms with Gasteiger partial charge in [0.1, 0.15) is 0 Å². The third-order valence-electron chi connectivity index (χ3n) is 6.90. The second kappa shape index (κ2) is 31.7. The zero-order valence-corrected chi connectivity index (χ0v) is 34.8. The van der Waals surface area contributed by atoms with E-state index in [1.165, 1.54) is 17.3 Å². The van der Waals surface area contributed by atoms with Crippen molar-refractivity contribution in [3.05, 3.63) is 0 Å². The zero-order valence-electron chi connectivity index (χ0n) is 26.5. The van der Waals surface area contributed by atoms with Crippen LogP contribution in [-0.2, 0) is 28.8 Å². The van der Waals surface area contributed by atoms with Gasteiger partial charge in [-0.3, -0.25) is 28.8 Å². The van der Waals surface area contributed by atoms with E-state index in [0.29, 0.717) is 34.5 Å². The first-order chi connectivity index (χ1) is 21.9. The Morgan fingerprint density at radius 1 is 0.468 bits per heavy atom. The van der Waals surface area contributed by atoms with Gasteiger partial charge < -0.3 is 30.6 Å². The first-order valence-corrected chi connectivity index (χ1v) is 20.3. The first kappa shape index (κ1) is 53.5. The first-order valence-electron chi connectivity index (χ1n) is 14.5. The Hall–Kier alpha value is -0.281. The number of carboxylic acids is 6. The molecule has 0 saturated carbocycles. The van der Waals surface area contributed by atoms with E-state index in [4.69, 9.17) is 30.6 Å². The van der Waals surface area contributed by atoms with Gasteiger partial charge in [0.15, 0.2) is 0 Å². The molecular weight excluding hydrogens is 839 g/mol. The Labute approximate surface area is 323 Å². The predicted octanol–water partition coefficient (Wildman–Crippen LogP) is 4.89. The SMILES string of the molecule is CCC[CH2][Sn].O=C(O)CC(CCS)(CCS)C(=O)O.O=C(O)CC(CCS)(CCS)C(=O)O.O=C(O)CC(CCS)(CCS)C(=O)O. The van der Waals surface area contributed by atoms with Crippen LogP contribution in [0.1, 0.15) is 77.6 Å². The van der Waals surface area contributed by atoms with Crippen LogP contribution in [0.4, 0.5) is 0 Å². The number of rotatable bonds is 23. The van der Waals surface area contributed by atoms with Crippen molar-refractivity contribution in [1.29, 1.82) is 0 Å². The summed E-state index contributed by atoms with van der Waals surface area (Å²) in [6, 6.07) is 0. The quantitative estimate of drug-likeness (QED) is 0.0487. The van der Waals surface area contributed by atoms with Crippen LogP contribution >= 0.6 is 75.8 Å². The van der Waals surface area contributed by atoms with Gasteiger partial charge in [-0.15, -0.1) is 0 Å². The van der Waals surface area contributed by atoms with Crippen LogP contribution in [0.2, 0.25) is 4.44 Å². The number of hydrogen-bond acceptors (Lipinski definition) is 12. The molecule has 12 nitrogen and oxygen atoms in total. The second-order valence-corrected chi connectivity index (χ2v) is 14.5. The maximum atomic E-state index is 11.0. The van der Waals surface area contributed by atoms with E-state index in [9.17, 15) is 28.8 Å². The van der Waals surface area contributed by atoms with Gasteiger partial charge >= 0.3 is 82.5 Å². The molecule has 0 heterocycles. The Bertz CT molecular complexity index is 797. The number of carboxylic acid groups (broad SMARTS) is 6. The maximum absolute atomic E-state index is 11.0. The molecule has 19 heteroatoms. The average Bonchev–Trinajstić information content (AvgIpc) is 2.94. The van der Waals surface area contributed by atoms with Gasteiger partial charge in [0.05, 0.1) is 35.5 Å². The smallest absolute Gasteiger partial charge is 0.310 e. The molecule has 0 spiro atoms. The van der Waals surface area contributed by atoms with Crippen molar-refractivity contribution in [3.63, 3.8) is 0 Å². The van der Waals surface area contributed by atoms with Gasteiger partial charge in [-0.2, -0.15) is 75.8 Å². The summed E-state index contributed by atoms with van der Waals surface area (Å²) < 4.78 is 1.43. The van der Waals surface area contributed by atoms with Gasteiger partial charge in [-0.25, -0.2) is 0 Å². The van der Waals surface area contributed by atoms with E-state index in [1.54, 1.807) is 22.5 Å². The van der Waals surface area contributed by atoms with Crippen molar-refractivity contribution in [1.82, 2.24) is 0 Å². The van der Waals surface area contributed by atoms with Crippen LogP contribution in [0, 0.1) is 16.2 Å². The Kier molecular flexibility index (Phi) is 36.1. The molecule has 0 unspecified atom stereocenters. The largest absolute Gasteiger partial charge is 0.481 e. The molecule has 0 aromatic carbocycles. The Balaban J connectivity index is -0.000000275. The van der Waals surface area contributed by atoms with Gasteiger partial charge in [-0.1, -0.05) is 0 Å². The van der Waals surface area contributed by atoms with E-state index in [0.717, 1.165) is 0 Å². The molecule has 0 bridgehead atoms. The zero-order chi connectivity index (χ0) is 37.7. The molecule has 0 rings (SSSR count). The van der Waals surface area contributed by atoms with Gasteiger partial charge in [0.2, 0.25) is 0 Å². The maximum Gasteiger partial charge on any atom is 0.310 e. The standard InChI is InChI=1S/3C8H14O4S2.C4H9.Sn/c3*9-6(10)5-8(1-3-13,2-4-14)7(11)12;1-3-4-2;/h3*13-14H,1-5H2,(H,9,10)(H,11,12);1,3-4H2,2H3;. The van der Waals surface area contributed by atoms with Crippen molar-refractivity contribution in [2.45, 2.75) is 82.0 Å². The monoisotopic (exact) mass is 891 g/mol. The van der Waals surface area contributed by atoms with E-state index in [-0.39, 0.29) is 57.8 Å². The van der Waals surface area contributed by atoms with E-state index in [1.807, 2.05) is 0 Å². The molecular formula is C28H51O12S6Sn. The molecule has 0 aromatic heterocycles. The molecule has 0 aliphatic heterocycles. The van der Waals surface area contributed by atoms with Crippen molar-refractivity contribution < 1.29 is 59.4 Å². The molecule has 0 saturated heterocycles. The summed E-state index contributed by atoms with van der Waals surface area (Å²) >= 11 is 25.3. The summed E-state index contributed by atoms with van der Waals surface area (Å²) in [4.78, 5) is 64.7. The van der Waals surface area contributed by atoms with Crippen molar-refractivity contribution in [2.75, 3.05) is 34.5 Å². The van der Waals surface area contributed by atoms with Crippen LogP contribution in [-0.4, -0.2) is 123 Å². The number of aliphatic carboxylic acids is 6. The molecule has 0 amide bonds. The number of hydrogen-bond donors (Lipinski definition) is 12. The third-order valence-corrected chi connectivity index (χ3v) is 9.25. The minimum atomic E-state index is -1.21. The number of unbranched alkanes of at least 4 members (excludes halogenated alkanes) is 1. The van der Waals surface area contributed by atoms with Gasteiger partial charge in [0, 0.05) is 0 Å². The summed E-state index contributed by atoms with van der Waals surface area (Å²) in [5, 5.41) is 52.9. The van der Waals surface area contributed by atoms with Crippen molar-refractivity contribution in [3.8, 4) is 0 Å². The van der Waals surface area contributed by atoms with Gasteiger partial charge in [0.25, 0.3) is 0 Å².